The summed E-state index contributed by atoms with van der Waals surface area (Å²) in [6.07, 6.45) is 8.43. The molecule has 0 aromatic rings. The van der Waals surface area contributed by atoms with Crippen LogP contribution in [-0.4, -0.2) is 11.0 Å². The van der Waals surface area contributed by atoms with Crippen LogP contribution >= 0.6 is 0 Å². The van der Waals surface area contributed by atoms with Crippen LogP contribution in [0.2, 0.25) is 0 Å². The van der Waals surface area contributed by atoms with E-state index in [1.54, 1.807) is 0 Å². The van der Waals surface area contributed by atoms with Crippen molar-refractivity contribution in [3.63, 3.8) is 0 Å². The Labute approximate surface area is 91.7 Å². The third-order valence-corrected chi connectivity index (χ3v) is 2.42. The van der Waals surface area contributed by atoms with Gasteiger partial charge in [0.25, 0.3) is 0 Å². The van der Waals surface area contributed by atoms with E-state index in [2.05, 4.69) is 24.9 Å². The molecule has 0 unspecified atom stereocenters. The first-order valence-corrected chi connectivity index (χ1v) is 4.93. The van der Waals surface area contributed by atoms with Crippen LogP contribution in [0.5, 0.6) is 0 Å². The van der Waals surface area contributed by atoms with Crippen molar-refractivity contribution in [2.45, 2.75) is 25.7 Å². The molecule has 0 saturated heterocycles. The van der Waals surface area contributed by atoms with E-state index in [0.29, 0.717) is 6.42 Å². The smallest absolute Gasteiger partial charge is 0.139 e. The lowest BCUT2D eigenvalue weighted by molar-refractivity contribution is 0.289. The van der Waals surface area contributed by atoms with Crippen molar-refractivity contribution >= 4 is 5.84 Å². The van der Waals surface area contributed by atoms with Crippen LogP contribution in [0.4, 0.5) is 0 Å². The summed E-state index contributed by atoms with van der Waals surface area (Å²) in [5.74, 6) is 0.237. The van der Waals surface area contributed by atoms with Gasteiger partial charge in [-0.15, -0.1) is 19.7 Å². The Morgan fingerprint density at radius 1 is 1.13 bits per heavy atom. The monoisotopic (exact) mass is 208 g/mol. The Bertz CT molecular complexity index is 230. The summed E-state index contributed by atoms with van der Waals surface area (Å²) in [4.78, 5) is 0. The van der Waals surface area contributed by atoms with Gasteiger partial charge in [-0.25, -0.2) is 0 Å². The molecular weight excluding hydrogens is 188 g/mol. The van der Waals surface area contributed by atoms with Crippen LogP contribution in [0.25, 0.3) is 0 Å². The first-order chi connectivity index (χ1) is 7.14. The van der Waals surface area contributed by atoms with Crippen LogP contribution < -0.4 is 5.73 Å². The number of oxime groups is 1. The van der Waals surface area contributed by atoms with E-state index in [-0.39, 0.29) is 11.3 Å². The van der Waals surface area contributed by atoms with Gasteiger partial charge >= 0.3 is 0 Å². The van der Waals surface area contributed by atoms with Crippen molar-refractivity contribution in [1.29, 1.82) is 0 Å². The van der Waals surface area contributed by atoms with E-state index in [9.17, 15) is 0 Å². The molecule has 0 heterocycles. The predicted octanol–water partition coefficient (Wildman–Crippen LogP) is 2.84. The molecule has 0 aliphatic heterocycles. The number of rotatable bonds is 8. The maximum Gasteiger partial charge on any atom is 0.139 e. The minimum atomic E-state index is -0.0957. The van der Waals surface area contributed by atoms with Gasteiger partial charge in [0, 0.05) is 6.42 Å². The lowest BCUT2D eigenvalue weighted by Crippen LogP contribution is -2.27. The van der Waals surface area contributed by atoms with Crippen molar-refractivity contribution in [1.82, 2.24) is 0 Å². The molecule has 0 atom stereocenters. The van der Waals surface area contributed by atoms with Gasteiger partial charge in [-0.3, -0.25) is 0 Å². The molecule has 3 heteroatoms. The molecule has 3 nitrogen and oxygen atoms in total. The summed E-state index contributed by atoms with van der Waals surface area (Å²) in [6.45, 7) is 11.2. The average molecular weight is 208 g/mol. The Kier molecular flexibility index (Phi) is 6.18. The Morgan fingerprint density at radius 2 is 1.53 bits per heavy atom. The molecule has 0 spiro atoms. The first-order valence-electron chi connectivity index (χ1n) is 4.93. The van der Waals surface area contributed by atoms with Crippen LogP contribution in [-0.2, 0) is 0 Å². The zero-order valence-electron chi connectivity index (χ0n) is 9.15. The molecule has 0 aromatic carbocycles. The van der Waals surface area contributed by atoms with Crippen molar-refractivity contribution in [3.05, 3.63) is 38.0 Å². The Hall–Kier alpha value is -1.51. The van der Waals surface area contributed by atoms with Gasteiger partial charge in [0.05, 0.1) is 0 Å². The molecule has 0 amide bonds. The quantitative estimate of drug-likeness (QED) is 0.212. The van der Waals surface area contributed by atoms with Crippen LogP contribution in [0, 0.1) is 5.41 Å². The lowest BCUT2D eigenvalue weighted by atomic mass is 9.75. The lowest BCUT2D eigenvalue weighted by Gasteiger charge is -2.30. The first kappa shape index (κ1) is 13.5. The van der Waals surface area contributed by atoms with Crippen LogP contribution in [0.15, 0.2) is 43.1 Å². The largest absolute Gasteiger partial charge is 0.409 e. The molecule has 0 fully saturated rings. The molecule has 84 valence electrons. The molecular formula is C12H20N2O. The minimum Gasteiger partial charge on any atom is -0.409 e. The standard InChI is InChI=1S/C12H20N2O/c1-4-7-12(8-5-2,9-6-3)10-11(13)14-15/h4-6,15H,1-3,7-10H2,(H2,13,14). The molecule has 15 heavy (non-hydrogen) atoms. The minimum absolute atomic E-state index is 0.0957. The molecule has 0 radical (unpaired) electrons. The highest BCUT2D eigenvalue weighted by Crippen LogP contribution is 2.36. The normalized spacial score (nSPS) is 12.1. The fourth-order valence-corrected chi connectivity index (χ4v) is 1.80. The highest BCUT2D eigenvalue weighted by molar-refractivity contribution is 5.80. The predicted molar refractivity (Wildman–Crippen MR) is 64.9 cm³/mol. The summed E-state index contributed by atoms with van der Waals surface area (Å²) in [6, 6.07) is 0. The molecule has 0 aliphatic rings. The number of amidine groups is 1. The number of hydrogen-bond acceptors (Lipinski definition) is 2. The zero-order valence-corrected chi connectivity index (χ0v) is 9.15. The molecule has 0 saturated carbocycles. The Morgan fingerprint density at radius 3 is 1.80 bits per heavy atom. The van der Waals surface area contributed by atoms with Crippen molar-refractivity contribution in [2.24, 2.45) is 16.3 Å². The maximum atomic E-state index is 8.59. The average Bonchev–Trinajstić information content (AvgIpc) is 2.18. The van der Waals surface area contributed by atoms with E-state index in [0.717, 1.165) is 19.3 Å². The number of nitrogens with zero attached hydrogens (tertiary/aromatic N) is 1. The van der Waals surface area contributed by atoms with E-state index in [4.69, 9.17) is 10.9 Å². The van der Waals surface area contributed by atoms with E-state index in [1.165, 1.54) is 0 Å². The van der Waals surface area contributed by atoms with Crippen molar-refractivity contribution < 1.29 is 5.21 Å². The second-order valence-corrected chi connectivity index (χ2v) is 3.75. The molecule has 0 bridgehead atoms. The summed E-state index contributed by atoms with van der Waals surface area (Å²) < 4.78 is 0. The highest BCUT2D eigenvalue weighted by Gasteiger charge is 2.27. The molecule has 0 rings (SSSR count). The van der Waals surface area contributed by atoms with Gasteiger partial charge in [-0.2, -0.15) is 0 Å². The second-order valence-electron chi connectivity index (χ2n) is 3.75. The summed E-state index contributed by atoms with van der Waals surface area (Å²) in [5.41, 5.74) is 5.45. The second kappa shape index (κ2) is 6.87. The third kappa shape index (κ3) is 4.49. The highest BCUT2D eigenvalue weighted by atomic mass is 16.4. The van der Waals surface area contributed by atoms with E-state index >= 15 is 0 Å². The van der Waals surface area contributed by atoms with Crippen molar-refractivity contribution in [3.8, 4) is 0 Å². The number of allylic oxidation sites excluding steroid dienone is 3. The van der Waals surface area contributed by atoms with Gasteiger partial charge in [0.15, 0.2) is 0 Å². The topological polar surface area (TPSA) is 58.6 Å². The van der Waals surface area contributed by atoms with Gasteiger partial charge < -0.3 is 10.9 Å². The summed E-state index contributed by atoms with van der Waals surface area (Å²) >= 11 is 0. The fraction of sp³-hybridized carbons (Fsp3) is 0.417. The summed E-state index contributed by atoms with van der Waals surface area (Å²) in [7, 11) is 0. The molecule has 0 aromatic heterocycles. The summed E-state index contributed by atoms with van der Waals surface area (Å²) in [5, 5.41) is 11.6. The molecule has 0 aliphatic carbocycles. The van der Waals surface area contributed by atoms with Gasteiger partial charge in [0.1, 0.15) is 5.84 Å². The Balaban J connectivity index is 4.81. The fourth-order valence-electron chi connectivity index (χ4n) is 1.80. The number of nitrogens with two attached hydrogens (primary N) is 1. The van der Waals surface area contributed by atoms with Crippen LogP contribution in [0.3, 0.4) is 0 Å². The van der Waals surface area contributed by atoms with Gasteiger partial charge in [-0.1, -0.05) is 23.4 Å². The van der Waals surface area contributed by atoms with E-state index < -0.39 is 0 Å². The molecule has 3 N–H and O–H groups in total. The van der Waals surface area contributed by atoms with Gasteiger partial charge in [-0.05, 0) is 24.7 Å². The SMILES string of the molecule is C=CCC(CC=C)(CC=C)C/C(N)=N\O. The zero-order chi connectivity index (χ0) is 11.7. The number of hydrogen-bond donors (Lipinski definition) is 2. The third-order valence-electron chi connectivity index (χ3n) is 2.42. The maximum absolute atomic E-state index is 8.59. The van der Waals surface area contributed by atoms with Crippen molar-refractivity contribution in [2.75, 3.05) is 0 Å². The van der Waals surface area contributed by atoms with Crippen LogP contribution in [0.1, 0.15) is 25.7 Å². The van der Waals surface area contributed by atoms with Gasteiger partial charge in [0.2, 0.25) is 0 Å². The van der Waals surface area contributed by atoms with E-state index in [1.807, 2.05) is 18.2 Å².